The second kappa shape index (κ2) is 8.50. The average Bonchev–Trinajstić information content (AvgIpc) is 3.45. The molecule has 0 saturated carbocycles. The molecule has 0 radical (unpaired) electrons. The van der Waals surface area contributed by atoms with Gasteiger partial charge in [0.1, 0.15) is 18.0 Å². The summed E-state index contributed by atoms with van der Waals surface area (Å²) in [5.74, 6) is 1.34. The highest BCUT2D eigenvalue weighted by Gasteiger charge is 2.16. The Kier molecular flexibility index (Phi) is 5.24. The van der Waals surface area contributed by atoms with E-state index >= 15 is 0 Å². The number of amides is 1. The first kappa shape index (κ1) is 19.7. The Balaban J connectivity index is 1.22. The molecule has 0 unspecified atom stereocenters. The normalized spacial score (nSPS) is 12.2. The molecule has 0 aliphatic carbocycles. The van der Waals surface area contributed by atoms with E-state index in [1.54, 1.807) is 41.2 Å². The third kappa shape index (κ3) is 4.02. The van der Waals surface area contributed by atoms with Crippen LogP contribution in [-0.4, -0.2) is 39.0 Å². The van der Waals surface area contributed by atoms with Crippen molar-refractivity contribution in [3.8, 4) is 11.5 Å². The Hall–Kier alpha value is -4.21. The maximum absolute atomic E-state index is 13.1. The second-order valence-electron chi connectivity index (χ2n) is 7.13. The fraction of sp³-hybridized carbons (Fsp3) is 0.182. The fourth-order valence-corrected chi connectivity index (χ4v) is 3.40. The summed E-state index contributed by atoms with van der Waals surface area (Å²) in [5, 5.41) is 11.2. The van der Waals surface area contributed by atoms with Gasteiger partial charge in [-0.05, 0) is 35.9 Å². The maximum Gasteiger partial charge on any atom is 0.251 e. The van der Waals surface area contributed by atoms with Gasteiger partial charge in [0.05, 0.1) is 18.1 Å². The Labute approximate surface area is 182 Å². The molecule has 2 N–H and O–H groups in total. The summed E-state index contributed by atoms with van der Waals surface area (Å²) < 4.78 is 25.4. The molecule has 0 saturated heterocycles. The zero-order valence-corrected chi connectivity index (χ0v) is 16.9. The smallest absolute Gasteiger partial charge is 0.251 e. The number of ether oxygens (including phenoxy) is 2. The van der Waals surface area contributed by atoms with E-state index in [2.05, 4.69) is 25.7 Å². The molecule has 2 aromatic carbocycles. The van der Waals surface area contributed by atoms with Gasteiger partial charge in [-0.1, -0.05) is 12.1 Å². The van der Waals surface area contributed by atoms with Gasteiger partial charge < -0.3 is 20.1 Å². The summed E-state index contributed by atoms with van der Waals surface area (Å²) in [6.07, 6.45) is 3.14. The van der Waals surface area contributed by atoms with Crippen molar-refractivity contribution in [2.75, 3.05) is 18.7 Å². The average molecular weight is 434 g/mol. The largest absolute Gasteiger partial charge is 0.454 e. The third-order valence-electron chi connectivity index (χ3n) is 5.05. The number of benzene rings is 2. The number of fused-ring (bicyclic) bond motifs is 2. The molecule has 2 aromatic heterocycles. The van der Waals surface area contributed by atoms with Crippen LogP contribution in [0.1, 0.15) is 15.9 Å². The Morgan fingerprint density at radius 1 is 1.09 bits per heavy atom. The van der Waals surface area contributed by atoms with Crippen molar-refractivity contribution in [1.29, 1.82) is 0 Å². The van der Waals surface area contributed by atoms with Crippen LogP contribution in [0.2, 0.25) is 0 Å². The Morgan fingerprint density at radius 2 is 1.94 bits per heavy atom. The van der Waals surface area contributed by atoms with E-state index in [1.807, 2.05) is 0 Å². The van der Waals surface area contributed by atoms with Crippen molar-refractivity contribution in [3.05, 3.63) is 71.9 Å². The molecule has 1 amide bonds. The van der Waals surface area contributed by atoms with E-state index in [0.29, 0.717) is 48.2 Å². The van der Waals surface area contributed by atoms with Gasteiger partial charge in [-0.25, -0.2) is 19.0 Å². The zero-order valence-electron chi connectivity index (χ0n) is 16.9. The zero-order chi connectivity index (χ0) is 21.9. The van der Waals surface area contributed by atoms with Crippen LogP contribution in [0.25, 0.3) is 11.0 Å². The number of rotatable bonds is 7. The highest BCUT2D eigenvalue weighted by atomic mass is 19.1. The monoisotopic (exact) mass is 434 g/mol. The highest BCUT2D eigenvalue weighted by molar-refractivity contribution is 5.95. The molecule has 1 aliphatic rings. The van der Waals surface area contributed by atoms with Gasteiger partial charge in [0, 0.05) is 18.7 Å². The van der Waals surface area contributed by atoms with E-state index in [-0.39, 0.29) is 18.5 Å². The number of nitrogens with one attached hydrogen (secondary N) is 2. The molecule has 0 atom stereocenters. The lowest BCUT2D eigenvalue weighted by Gasteiger charge is -2.08. The third-order valence-corrected chi connectivity index (χ3v) is 5.05. The minimum Gasteiger partial charge on any atom is -0.454 e. The molecule has 5 rings (SSSR count). The molecule has 162 valence electrons. The number of aromatic nitrogens is 4. The molecule has 10 heteroatoms. The van der Waals surface area contributed by atoms with Crippen LogP contribution in [-0.2, 0) is 13.1 Å². The van der Waals surface area contributed by atoms with Gasteiger partial charge in [0.2, 0.25) is 6.79 Å². The molecular formula is C22H19FN6O3. The van der Waals surface area contributed by atoms with Crippen LogP contribution < -0.4 is 20.1 Å². The maximum atomic E-state index is 13.1. The minimum absolute atomic E-state index is 0.162. The summed E-state index contributed by atoms with van der Waals surface area (Å²) in [4.78, 5) is 21.0. The SMILES string of the molecule is O=C(NCCn1ncc2c(NCc3ccc(F)cc3)ncnc21)c1ccc2c(c1)OCO2. The van der Waals surface area contributed by atoms with E-state index < -0.39 is 0 Å². The van der Waals surface area contributed by atoms with Gasteiger partial charge >= 0.3 is 0 Å². The van der Waals surface area contributed by atoms with Gasteiger partial charge in [-0.15, -0.1) is 0 Å². The molecule has 0 fully saturated rings. The molecule has 1 aliphatic heterocycles. The van der Waals surface area contributed by atoms with Crippen molar-refractivity contribution >= 4 is 22.8 Å². The van der Waals surface area contributed by atoms with Crippen molar-refractivity contribution in [2.24, 2.45) is 0 Å². The van der Waals surface area contributed by atoms with Crippen LogP contribution in [0.15, 0.2) is 55.0 Å². The van der Waals surface area contributed by atoms with Gasteiger partial charge in [0.25, 0.3) is 5.91 Å². The summed E-state index contributed by atoms with van der Waals surface area (Å²) >= 11 is 0. The van der Waals surface area contributed by atoms with Crippen molar-refractivity contribution in [2.45, 2.75) is 13.1 Å². The quantitative estimate of drug-likeness (QED) is 0.461. The number of carbonyl (C=O) groups excluding carboxylic acids is 1. The first-order valence-corrected chi connectivity index (χ1v) is 10.00. The predicted octanol–water partition coefficient (Wildman–Crippen LogP) is 2.74. The minimum atomic E-state index is -0.273. The topological polar surface area (TPSA) is 103 Å². The summed E-state index contributed by atoms with van der Waals surface area (Å²) in [6, 6.07) is 11.3. The molecule has 3 heterocycles. The predicted molar refractivity (Wildman–Crippen MR) is 114 cm³/mol. The number of anilines is 1. The summed E-state index contributed by atoms with van der Waals surface area (Å²) in [7, 11) is 0. The van der Waals surface area contributed by atoms with E-state index in [1.165, 1.54) is 18.5 Å². The number of halogens is 1. The fourth-order valence-electron chi connectivity index (χ4n) is 3.40. The van der Waals surface area contributed by atoms with Crippen LogP contribution in [0, 0.1) is 5.82 Å². The first-order valence-electron chi connectivity index (χ1n) is 10.00. The molecule has 9 nitrogen and oxygen atoms in total. The van der Waals surface area contributed by atoms with Crippen molar-refractivity contribution < 1.29 is 18.7 Å². The molecule has 0 bridgehead atoms. The standard InChI is InChI=1S/C22H19FN6O3/c23-16-4-1-14(2-5-16)10-25-20-17-11-28-29(21(17)27-12-26-20)8-7-24-22(30)15-3-6-18-19(9-15)32-13-31-18/h1-6,9,11-12H,7-8,10,13H2,(H,24,30)(H,25,26,27). The number of carbonyl (C=O) groups is 1. The number of hydrogen-bond acceptors (Lipinski definition) is 7. The lowest BCUT2D eigenvalue weighted by molar-refractivity contribution is 0.0951. The van der Waals surface area contributed by atoms with Crippen LogP contribution in [0.4, 0.5) is 10.2 Å². The van der Waals surface area contributed by atoms with Gasteiger partial charge in [-0.2, -0.15) is 5.10 Å². The van der Waals surface area contributed by atoms with E-state index in [9.17, 15) is 9.18 Å². The lowest BCUT2D eigenvalue weighted by atomic mass is 10.2. The molecule has 0 spiro atoms. The van der Waals surface area contributed by atoms with Crippen LogP contribution >= 0.6 is 0 Å². The van der Waals surface area contributed by atoms with E-state index in [0.717, 1.165) is 10.9 Å². The van der Waals surface area contributed by atoms with Crippen LogP contribution in [0.3, 0.4) is 0 Å². The first-order chi connectivity index (χ1) is 15.7. The Morgan fingerprint density at radius 3 is 2.81 bits per heavy atom. The Bertz CT molecular complexity index is 1270. The van der Waals surface area contributed by atoms with Crippen molar-refractivity contribution in [3.63, 3.8) is 0 Å². The van der Waals surface area contributed by atoms with Gasteiger partial charge in [-0.3, -0.25) is 4.79 Å². The second-order valence-corrected chi connectivity index (χ2v) is 7.13. The highest BCUT2D eigenvalue weighted by Crippen LogP contribution is 2.32. The molecular weight excluding hydrogens is 415 g/mol. The summed E-state index contributed by atoms with van der Waals surface area (Å²) in [5.41, 5.74) is 2.07. The van der Waals surface area contributed by atoms with Crippen molar-refractivity contribution in [1.82, 2.24) is 25.1 Å². The number of nitrogens with zero attached hydrogens (tertiary/aromatic N) is 4. The van der Waals surface area contributed by atoms with E-state index in [4.69, 9.17) is 9.47 Å². The van der Waals surface area contributed by atoms with Gasteiger partial charge in [0.15, 0.2) is 17.1 Å². The molecule has 4 aromatic rings. The summed E-state index contributed by atoms with van der Waals surface area (Å²) in [6.45, 7) is 1.46. The number of hydrogen-bond donors (Lipinski definition) is 2. The lowest BCUT2D eigenvalue weighted by Crippen LogP contribution is -2.27. The molecule has 32 heavy (non-hydrogen) atoms. The van der Waals surface area contributed by atoms with Crippen LogP contribution in [0.5, 0.6) is 11.5 Å².